The van der Waals surface area contributed by atoms with Crippen LogP contribution in [-0.2, 0) is 16.0 Å². The van der Waals surface area contributed by atoms with Crippen molar-refractivity contribution in [1.29, 1.82) is 0 Å². The summed E-state index contributed by atoms with van der Waals surface area (Å²) in [5, 5.41) is 5.48. The van der Waals surface area contributed by atoms with Gasteiger partial charge in [-0.15, -0.1) is 0 Å². The van der Waals surface area contributed by atoms with Gasteiger partial charge in [0.2, 0.25) is 11.8 Å². The van der Waals surface area contributed by atoms with Gasteiger partial charge in [-0.3, -0.25) is 14.5 Å². The van der Waals surface area contributed by atoms with E-state index in [1.165, 1.54) is 18.2 Å². The third-order valence-electron chi connectivity index (χ3n) is 4.29. The van der Waals surface area contributed by atoms with Crippen LogP contribution in [0.4, 0.5) is 15.8 Å². The lowest BCUT2D eigenvalue weighted by atomic mass is 10.1. The van der Waals surface area contributed by atoms with E-state index >= 15 is 0 Å². The van der Waals surface area contributed by atoms with Crippen molar-refractivity contribution in [1.82, 2.24) is 4.90 Å². The molecule has 0 aliphatic carbocycles. The normalized spacial score (nSPS) is 11.9. The van der Waals surface area contributed by atoms with E-state index in [9.17, 15) is 14.0 Å². The number of nitrogens with zero attached hydrogens (tertiary/aromatic N) is 1. The highest BCUT2D eigenvalue weighted by Crippen LogP contribution is 2.20. The SMILES string of the molecule is CCc1ccccc1NC(=O)CN(C)C(C)C(=O)Nc1ccc(F)c(Cl)c1. The zero-order valence-corrected chi connectivity index (χ0v) is 16.3. The van der Waals surface area contributed by atoms with Crippen molar-refractivity contribution in [2.75, 3.05) is 24.2 Å². The van der Waals surface area contributed by atoms with Crippen LogP contribution in [-0.4, -0.2) is 36.3 Å². The Kier molecular flexibility index (Phi) is 7.33. The Hall–Kier alpha value is -2.44. The topological polar surface area (TPSA) is 61.4 Å². The van der Waals surface area contributed by atoms with E-state index in [2.05, 4.69) is 10.6 Å². The van der Waals surface area contributed by atoms with Gasteiger partial charge in [0.25, 0.3) is 0 Å². The van der Waals surface area contributed by atoms with E-state index in [1.807, 2.05) is 31.2 Å². The molecule has 0 aliphatic heterocycles. The first kappa shape index (κ1) is 20.9. The molecule has 27 heavy (non-hydrogen) atoms. The number of hydrogen-bond acceptors (Lipinski definition) is 3. The molecule has 0 saturated carbocycles. The molecule has 0 radical (unpaired) electrons. The third kappa shape index (κ3) is 5.77. The standard InChI is InChI=1S/C20H23ClFN3O2/c1-4-14-7-5-6-8-18(14)24-19(26)12-25(3)13(2)20(27)23-15-9-10-17(22)16(21)11-15/h5-11,13H,4,12H2,1-3H3,(H,23,27)(H,24,26). The third-order valence-corrected chi connectivity index (χ3v) is 4.58. The Morgan fingerprint density at radius 3 is 2.56 bits per heavy atom. The first-order valence-corrected chi connectivity index (χ1v) is 9.03. The van der Waals surface area contributed by atoms with Crippen molar-refractivity contribution in [2.24, 2.45) is 0 Å². The van der Waals surface area contributed by atoms with E-state index in [0.29, 0.717) is 5.69 Å². The number of anilines is 2. The molecule has 2 aromatic carbocycles. The van der Waals surface area contributed by atoms with Gasteiger partial charge >= 0.3 is 0 Å². The van der Waals surface area contributed by atoms with Crippen LogP contribution in [0.2, 0.25) is 5.02 Å². The number of carbonyl (C=O) groups is 2. The molecule has 5 nitrogen and oxygen atoms in total. The zero-order chi connectivity index (χ0) is 20.0. The van der Waals surface area contributed by atoms with Gasteiger partial charge in [0.05, 0.1) is 17.6 Å². The maximum Gasteiger partial charge on any atom is 0.241 e. The van der Waals surface area contributed by atoms with Crippen LogP contribution in [0.25, 0.3) is 0 Å². The Labute approximate surface area is 163 Å². The summed E-state index contributed by atoms with van der Waals surface area (Å²) in [5.74, 6) is -1.08. The van der Waals surface area contributed by atoms with Gasteiger partial charge in [-0.1, -0.05) is 36.7 Å². The number of rotatable bonds is 7. The molecule has 2 rings (SSSR count). The molecule has 144 valence electrons. The summed E-state index contributed by atoms with van der Waals surface area (Å²) >= 11 is 5.72. The molecule has 2 N–H and O–H groups in total. The summed E-state index contributed by atoms with van der Waals surface area (Å²) in [5.41, 5.74) is 2.22. The monoisotopic (exact) mass is 391 g/mol. The highest BCUT2D eigenvalue weighted by molar-refractivity contribution is 6.31. The van der Waals surface area contributed by atoms with E-state index in [0.717, 1.165) is 17.7 Å². The Morgan fingerprint density at radius 1 is 1.19 bits per heavy atom. The number of para-hydroxylation sites is 1. The van der Waals surface area contributed by atoms with Gasteiger partial charge in [0, 0.05) is 11.4 Å². The van der Waals surface area contributed by atoms with E-state index < -0.39 is 11.9 Å². The van der Waals surface area contributed by atoms with Gasteiger partial charge in [0.1, 0.15) is 5.82 Å². The first-order chi connectivity index (χ1) is 12.8. The lowest BCUT2D eigenvalue weighted by Crippen LogP contribution is -2.43. The van der Waals surface area contributed by atoms with Crippen molar-refractivity contribution >= 4 is 34.8 Å². The molecule has 0 bridgehead atoms. The minimum atomic E-state index is -0.569. The summed E-state index contributed by atoms with van der Waals surface area (Å²) in [6.45, 7) is 3.76. The van der Waals surface area contributed by atoms with Crippen LogP contribution in [0.5, 0.6) is 0 Å². The minimum Gasteiger partial charge on any atom is -0.325 e. The number of amides is 2. The summed E-state index contributed by atoms with van der Waals surface area (Å²) in [6, 6.07) is 11.0. The van der Waals surface area contributed by atoms with Gasteiger partial charge in [-0.2, -0.15) is 0 Å². The molecular weight excluding hydrogens is 369 g/mol. The second-order valence-electron chi connectivity index (χ2n) is 6.27. The van der Waals surface area contributed by atoms with Gasteiger partial charge in [-0.25, -0.2) is 4.39 Å². The molecular formula is C20H23ClFN3O2. The van der Waals surface area contributed by atoms with E-state index in [1.54, 1.807) is 18.9 Å². The molecule has 1 unspecified atom stereocenters. The second kappa shape index (κ2) is 9.48. The molecule has 0 saturated heterocycles. The molecule has 2 aromatic rings. The molecule has 0 spiro atoms. The van der Waals surface area contributed by atoms with Crippen LogP contribution in [0.3, 0.4) is 0 Å². The van der Waals surface area contributed by atoms with Gasteiger partial charge in [0.15, 0.2) is 0 Å². The molecule has 0 fully saturated rings. The highest BCUT2D eigenvalue weighted by Gasteiger charge is 2.21. The fraction of sp³-hybridized carbons (Fsp3) is 0.300. The van der Waals surface area contributed by atoms with Crippen molar-refractivity contribution < 1.29 is 14.0 Å². The lowest BCUT2D eigenvalue weighted by Gasteiger charge is -2.23. The Balaban J connectivity index is 1.93. The largest absolute Gasteiger partial charge is 0.325 e. The lowest BCUT2D eigenvalue weighted by molar-refractivity contribution is -0.122. The molecule has 2 amide bonds. The van der Waals surface area contributed by atoms with Crippen LogP contribution in [0.15, 0.2) is 42.5 Å². The molecule has 0 aliphatic rings. The Morgan fingerprint density at radius 2 is 1.89 bits per heavy atom. The summed E-state index contributed by atoms with van der Waals surface area (Å²) in [6.07, 6.45) is 0.811. The van der Waals surface area contributed by atoms with Crippen LogP contribution < -0.4 is 10.6 Å². The van der Waals surface area contributed by atoms with Crippen molar-refractivity contribution in [3.63, 3.8) is 0 Å². The number of carbonyl (C=O) groups excluding carboxylic acids is 2. The maximum absolute atomic E-state index is 13.2. The molecule has 0 heterocycles. The molecule has 7 heteroatoms. The van der Waals surface area contributed by atoms with Crippen molar-refractivity contribution in [3.8, 4) is 0 Å². The Bertz CT molecular complexity index is 829. The average molecular weight is 392 g/mol. The van der Waals surface area contributed by atoms with E-state index in [4.69, 9.17) is 11.6 Å². The summed E-state index contributed by atoms with van der Waals surface area (Å²) < 4.78 is 13.2. The minimum absolute atomic E-state index is 0.0524. The number of hydrogen-bond donors (Lipinski definition) is 2. The fourth-order valence-corrected chi connectivity index (χ4v) is 2.71. The van der Waals surface area contributed by atoms with Crippen LogP contribution in [0.1, 0.15) is 19.4 Å². The quantitative estimate of drug-likeness (QED) is 0.751. The fourth-order valence-electron chi connectivity index (χ4n) is 2.52. The second-order valence-corrected chi connectivity index (χ2v) is 6.68. The predicted octanol–water partition coefficient (Wildman–Crippen LogP) is 3.94. The average Bonchev–Trinajstić information content (AvgIpc) is 2.64. The van der Waals surface area contributed by atoms with Crippen LogP contribution >= 0.6 is 11.6 Å². The van der Waals surface area contributed by atoms with Gasteiger partial charge in [-0.05, 0) is 50.2 Å². The summed E-state index contributed by atoms with van der Waals surface area (Å²) in [7, 11) is 1.69. The smallest absolute Gasteiger partial charge is 0.241 e. The number of aryl methyl sites for hydroxylation is 1. The van der Waals surface area contributed by atoms with Crippen LogP contribution in [0, 0.1) is 5.82 Å². The summed E-state index contributed by atoms with van der Waals surface area (Å²) in [4.78, 5) is 26.3. The number of halogens is 2. The number of benzene rings is 2. The molecule has 1 atom stereocenters. The maximum atomic E-state index is 13.2. The first-order valence-electron chi connectivity index (χ1n) is 8.65. The van der Waals surface area contributed by atoms with E-state index in [-0.39, 0.29) is 23.4 Å². The number of likely N-dealkylation sites (N-methyl/N-ethyl adjacent to an activating group) is 1. The number of nitrogens with one attached hydrogen (secondary N) is 2. The zero-order valence-electron chi connectivity index (χ0n) is 15.6. The van der Waals surface area contributed by atoms with Gasteiger partial charge < -0.3 is 10.6 Å². The highest BCUT2D eigenvalue weighted by atomic mass is 35.5. The van der Waals surface area contributed by atoms with Crippen molar-refractivity contribution in [3.05, 3.63) is 58.9 Å². The van der Waals surface area contributed by atoms with Crippen molar-refractivity contribution in [2.45, 2.75) is 26.3 Å². The molecule has 0 aromatic heterocycles. The predicted molar refractivity (Wildman–Crippen MR) is 107 cm³/mol.